The molecule has 2 aliphatic rings. The number of hydrogen-bond donors (Lipinski definition) is 7. The van der Waals surface area contributed by atoms with E-state index < -0.39 is 67.5 Å². The third-order valence-electron chi connectivity index (χ3n) is 9.96. The third-order valence-corrected chi connectivity index (χ3v) is 9.96. The molecule has 0 aromatic heterocycles. The van der Waals surface area contributed by atoms with Gasteiger partial charge in [0.25, 0.3) is 0 Å². The molecule has 0 saturated carbocycles. The van der Waals surface area contributed by atoms with Crippen molar-refractivity contribution < 1.29 is 76.3 Å². The third kappa shape index (κ3) is 18.8. The van der Waals surface area contributed by atoms with Crippen LogP contribution in [-0.4, -0.2) is 161 Å². The number of nitrogens with zero attached hydrogens (tertiary/aromatic N) is 1. The van der Waals surface area contributed by atoms with E-state index in [1.807, 2.05) is 0 Å². The van der Waals surface area contributed by atoms with Gasteiger partial charge in [-0.3, -0.25) is 0 Å². The molecule has 11 atom stereocenters. The second-order valence-corrected chi connectivity index (χ2v) is 15.2. The maximum atomic E-state index is 10.7. The van der Waals surface area contributed by atoms with Crippen LogP contribution in [0.5, 0.6) is 0 Å². The fourth-order valence-corrected chi connectivity index (χ4v) is 6.72. The molecule has 0 aliphatic carbocycles. The van der Waals surface area contributed by atoms with Gasteiger partial charge in [-0.25, -0.2) is 0 Å². The summed E-state index contributed by atoms with van der Waals surface area (Å²) in [5.41, 5.74) is 0. The van der Waals surface area contributed by atoms with Gasteiger partial charge in [0.15, 0.2) is 12.6 Å². The van der Waals surface area contributed by atoms with Crippen LogP contribution < -0.4 is 12.4 Å². The van der Waals surface area contributed by atoms with Crippen molar-refractivity contribution in [2.75, 3.05) is 53.6 Å². The number of aliphatic hydroxyl groups excluding tert-OH is 7. The van der Waals surface area contributed by atoms with E-state index in [4.69, 9.17) is 23.7 Å². The van der Waals surface area contributed by atoms with E-state index in [9.17, 15) is 35.7 Å². The molecule has 0 spiro atoms. The molecular formula is C37H74ClNO12. The first kappa shape index (κ1) is 48.8. The number of ether oxygens (including phenoxy) is 5. The Hall–Kier alpha value is -0.230. The van der Waals surface area contributed by atoms with Crippen LogP contribution in [0.4, 0.5) is 0 Å². The van der Waals surface area contributed by atoms with Crippen LogP contribution >= 0.6 is 0 Å². The molecule has 2 aliphatic heterocycles. The lowest BCUT2D eigenvalue weighted by atomic mass is 9.98. The van der Waals surface area contributed by atoms with Gasteiger partial charge in [-0.05, 0) is 19.3 Å². The van der Waals surface area contributed by atoms with Gasteiger partial charge in [0.2, 0.25) is 0 Å². The highest BCUT2D eigenvalue weighted by atomic mass is 35.5. The van der Waals surface area contributed by atoms with E-state index in [0.29, 0.717) is 17.6 Å². The number of rotatable bonds is 28. The van der Waals surface area contributed by atoms with Crippen LogP contribution in [0.25, 0.3) is 0 Å². The highest BCUT2D eigenvalue weighted by Gasteiger charge is 2.47. The van der Waals surface area contributed by atoms with Crippen molar-refractivity contribution in [3.63, 3.8) is 0 Å². The van der Waals surface area contributed by atoms with Crippen molar-refractivity contribution >= 4 is 0 Å². The number of likely N-dealkylation sites (N-methyl/N-ethyl adjacent to an activating group) is 1. The summed E-state index contributed by atoms with van der Waals surface area (Å²) in [6.07, 6.45) is 4.24. The Balaban J connectivity index is 0.0000130. The Kier molecular flexibility index (Phi) is 26.2. The lowest BCUT2D eigenvalue weighted by molar-refractivity contribution is -0.893. The molecule has 2 saturated heterocycles. The van der Waals surface area contributed by atoms with E-state index in [1.54, 1.807) is 0 Å². The van der Waals surface area contributed by atoms with Gasteiger partial charge in [-0.1, -0.05) is 97.3 Å². The molecule has 0 amide bonds. The molecule has 0 aromatic rings. The molecule has 2 fully saturated rings. The maximum absolute atomic E-state index is 10.7. The van der Waals surface area contributed by atoms with E-state index in [2.05, 4.69) is 27.9 Å². The van der Waals surface area contributed by atoms with Crippen molar-refractivity contribution in [3.8, 4) is 0 Å². The van der Waals surface area contributed by atoms with Crippen molar-refractivity contribution in [1.29, 1.82) is 0 Å². The maximum Gasteiger partial charge on any atom is 0.186 e. The van der Waals surface area contributed by atoms with Crippen LogP contribution in [0.3, 0.4) is 0 Å². The quantitative estimate of drug-likeness (QED) is 0.0397. The molecule has 0 bridgehead atoms. The molecule has 306 valence electrons. The average Bonchev–Trinajstić information content (AvgIpc) is 3.08. The average molecular weight is 760 g/mol. The second kappa shape index (κ2) is 27.4. The zero-order chi connectivity index (χ0) is 36.9. The van der Waals surface area contributed by atoms with Crippen LogP contribution in [0, 0.1) is 0 Å². The molecule has 0 radical (unpaired) electrons. The van der Waals surface area contributed by atoms with E-state index >= 15 is 0 Å². The number of unbranched alkanes of at least 4 members (excludes halogenated alkanes) is 14. The molecule has 51 heavy (non-hydrogen) atoms. The van der Waals surface area contributed by atoms with Crippen molar-refractivity contribution in [2.45, 2.75) is 184 Å². The Morgan fingerprint density at radius 1 is 0.549 bits per heavy atom. The minimum Gasteiger partial charge on any atom is -1.00 e. The van der Waals surface area contributed by atoms with Crippen molar-refractivity contribution in [2.24, 2.45) is 0 Å². The molecule has 1 unspecified atom stereocenters. The Labute approximate surface area is 313 Å². The zero-order valence-electron chi connectivity index (χ0n) is 31.9. The predicted octanol–water partition coefficient (Wildman–Crippen LogP) is -0.626. The summed E-state index contributed by atoms with van der Waals surface area (Å²) >= 11 is 0. The lowest BCUT2D eigenvalue weighted by Crippen LogP contribution is -3.00. The molecule has 14 heteroatoms. The van der Waals surface area contributed by atoms with E-state index in [1.165, 1.54) is 64.2 Å². The summed E-state index contributed by atoms with van der Waals surface area (Å²) in [5, 5.41) is 73.6. The van der Waals surface area contributed by atoms with Crippen LogP contribution in [0.2, 0.25) is 0 Å². The molecule has 7 N–H and O–H groups in total. The van der Waals surface area contributed by atoms with Gasteiger partial charge >= 0.3 is 0 Å². The summed E-state index contributed by atoms with van der Waals surface area (Å²) in [4.78, 5) is 0. The number of hydrogen-bond acceptors (Lipinski definition) is 12. The molecule has 2 rings (SSSR count). The first-order valence-corrected chi connectivity index (χ1v) is 19.6. The first-order valence-electron chi connectivity index (χ1n) is 19.6. The SMILES string of the molecule is CCCCCCCCCCCC[N+](C)(C)CC(O)COC[C@H]1O[C@H](OC[C@H]2O[C@@H](OCCCCCCCC)[C@H](O)[C@@H](O)[C@@H]2O)[C@H](O)[C@@H](O)[C@@H]1O.[Cl-]. The highest BCUT2D eigenvalue weighted by Crippen LogP contribution is 2.26. The fourth-order valence-electron chi connectivity index (χ4n) is 6.72. The number of halogens is 1. The lowest BCUT2D eigenvalue weighted by Gasteiger charge is -2.43. The smallest absolute Gasteiger partial charge is 0.186 e. The summed E-state index contributed by atoms with van der Waals surface area (Å²) in [7, 11) is 4.17. The summed E-state index contributed by atoms with van der Waals surface area (Å²) < 4.78 is 29.1. The topological polar surface area (TPSA) is 188 Å². The number of quaternary nitrogens is 1. The minimum atomic E-state index is -1.62. The van der Waals surface area contributed by atoms with Gasteiger partial charge in [-0.15, -0.1) is 0 Å². The van der Waals surface area contributed by atoms with Crippen molar-refractivity contribution in [3.05, 3.63) is 0 Å². The molecule has 0 aromatic carbocycles. The fraction of sp³-hybridized carbons (Fsp3) is 1.00. The molecule has 13 nitrogen and oxygen atoms in total. The largest absolute Gasteiger partial charge is 1.00 e. The second-order valence-electron chi connectivity index (χ2n) is 15.2. The highest BCUT2D eigenvalue weighted by molar-refractivity contribution is 4.91. The van der Waals surface area contributed by atoms with Crippen LogP contribution in [-0.2, 0) is 23.7 Å². The van der Waals surface area contributed by atoms with Gasteiger partial charge < -0.3 is 76.3 Å². The molecule has 2 heterocycles. The monoisotopic (exact) mass is 759 g/mol. The Morgan fingerprint density at radius 2 is 0.980 bits per heavy atom. The van der Waals surface area contributed by atoms with Gasteiger partial charge in [-0.2, -0.15) is 0 Å². The minimum absolute atomic E-state index is 0. The van der Waals surface area contributed by atoms with E-state index in [-0.39, 0.29) is 32.2 Å². The number of aliphatic hydroxyl groups is 7. The predicted molar refractivity (Wildman–Crippen MR) is 189 cm³/mol. The summed E-state index contributed by atoms with van der Waals surface area (Å²) in [5.74, 6) is 0. The summed E-state index contributed by atoms with van der Waals surface area (Å²) in [6.45, 7) is 5.60. The standard InChI is InChI=1S/C37H74NO12.ClH/c1-5-7-9-11-13-14-15-16-17-19-21-38(3,4)23-27(39)24-46-25-28-30(40)32(42)35(45)37(49-28)48-26-29-31(41)33(43)34(44)36(50-29)47-22-20-18-12-10-8-6-2;/h27-37,39-45H,5-26H2,1-4H3;1H/q+1;/p-1/t27?,28-,29-,30-,31-,32+,33+,34-,35-,36-,37+;/m1./s1. The normalized spacial score (nSPS) is 30.6. The van der Waals surface area contributed by atoms with E-state index in [0.717, 1.165) is 45.1 Å². The summed E-state index contributed by atoms with van der Waals surface area (Å²) in [6, 6.07) is 0. The van der Waals surface area contributed by atoms with Crippen LogP contribution in [0.15, 0.2) is 0 Å². The van der Waals surface area contributed by atoms with Crippen LogP contribution in [0.1, 0.15) is 117 Å². The van der Waals surface area contributed by atoms with Gasteiger partial charge in [0, 0.05) is 6.61 Å². The first-order chi connectivity index (χ1) is 23.9. The van der Waals surface area contributed by atoms with Crippen molar-refractivity contribution in [1.82, 2.24) is 0 Å². The Bertz CT molecular complexity index is 847. The Morgan fingerprint density at radius 3 is 1.49 bits per heavy atom. The van der Waals surface area contributed by atoms with Gasteiger partial charge in [0.05, 0.1) is 40.5 Å². The molecular weight excluding hydrogens is 686 g/mol. The van der Waals surface area contributed by atoms with Gasteiger partial charge in [0.1, 0.15) is 61.5 Å². The zero-order valence-corrected chi connectivity index (χ0v) is 32.7.